The highest BCUT2D eigenvalue weighted by Gasteiger charge is 2.36. The first-order valence-corrected chi connectivity index (χ1v) is 10.6. The lowest BCUT2D eigenvalue weighted by atomic mass is 10.1. The average Bonchev–Trinajstić information content (AvgIpc) is 3.40. The van der Waals surface area contributed by atoms with Crippen molar-refractivity contribution >= 4 is 45.7 Å². The van der Waals surface area contributed by atoms with Crippen molar-refractivity contribution in [1.29, 1.82) is 0 Å². The normalized spacial score (nSPS) is 14.5. The van der Waals surface area contributed by atoms with E-state index in [-0.39, 0.29) is 5.56 Å². The third-order valence-electron chi connectivity index (χ3n) is 5.56. The number of primary amides is 1. The minimum Gasteiger partial charge on any atom is -0.365 e. The number of nitrogens with two attached hydrogens (primary N) is 1. The van der Waals surface area contributed by atoms with Gasteiger partial charge in [-0.05, 0) is 55.2 Å². The Morgan fingerprint density at radius 1 is 0.968 bits per heavy atom. The summed E-state index contributed by atoms with van der Waals surface area (Å²) in [6, 6.07) is 12.9. The van der Waals surface area contributed by atoms with Crippen molar-refractivity contribution in [2.75, 3.05) is 10.2 Å². The lowest BCUT2D eigenvalue weighted by Crippen LogP contribution is -2.29. The molecule has 0 saturated heterocycles. The minimum atomic E-state index is -0.561. The summed E-state index contributed by atoms with van der Waals surface area (Å²) in [6.45, 7) is 0. The van der Waals surface area contributed by atoms with Crippen molar-refractivity contribution in [3.05, 3.63) is 81.2 Å². The fourth-order valence-corrected chi connectivity index (χ4v) is 5.43. The molecule has 0 bridgehead atoms. The van der Waals surface area contributed by atoms with Crippen LogP contribution in [-0.2, 0) is 12.8 Å². The fraction of sp³-hybridized carbons (Fsp3) is 0.130. The number of carbonyl (C=O) groups excluding carboxylic acids is 4. The van der Waals surface area contributed by atoms with Crippen molar-refractivity contribution in [3.8, 4) is 0 Å². The first-order chi connectivity index (χ1) is 15.0. The van der Waals surface area contributed by atoms with Gasteiger partial charge in [0.1, 0.15) is 5.00 Å². The highest BCUT2D eigenvalue weighted by atomic mass is 32.1. The molecule has 8 heteroatoms. The number of hydrogen-bond acceptors (Lipinski definition) is 5. The molecule has 154 valence electrons. The van der Waals surface area contributed by atoms with Crippen LogP contribution in [0.15, 0.2) is 48.5 Å². The number of amides is 4. The Morgan fingerprint density at radius 3 is 2.35 bits per heavy atom. The van der Waals surface area contributed by atoms with E-state index in [9.17, 15) is 19.2 Å². The van der Waals surface area contributed by atoms with Gasteiger partial charge in [0.25, 0.3) is 23.6 Å². The summed E-state index contributed by atoms with van der Waals surface area (Å²) < 4.78 is 0. The SMILES string of the molecule is NC(=O)c1c(NC(=O)c2cccc(N3C(=O)c4ccccc4C3=O)c2)sc2c1CCC2. The lowest BCUT2D eigenvalue weighted by molar-refractivity contribution is 0.0922. The zero-order valence-corrected chi connectivity index (χ0v) is 17.1. The molecule has 0 spiro atoms. The number of nitrogens with one attached hydrogen (secondary N) is 1. The van der Waals surface area contributed by atoms with Crippen LogP contribution in [0.25, 0.3) is 0 Å². The molecule has 0 fully saturated rings. The third kappa shape index (κ3) is 3.03. The maximum absolute atomic E-state index is 12.9. The maximum atomic E-state index is 12.9. The highest BCUT2D eigenvalue weighted by molar-refractivity contribution is 7.17. The van der Waals surface area contributed by atoms with Crippen LogP contribution in [0.5, 0.6) is 0 Å². The number of carbonyl (C=O) groups is 4. The number of benzene rings is 2. The molecule has 4 amide bonds. The van der Waals surface area contributed by atoms with Crippen LogP contribution in [0.4, 0.5) is 10.7 Å². The fourth-order valence-electron chi connectivity index (χ4n) is 4.14. The standard InChI is InChI=1S/C23H17N3O4S/c24-19(27)18-16-9-4-10-17(16)31-21(18)25-20(28)12-5-3-6-13(11-12)26-22(29)14-7-1-2-8-15(14)23(26)30/h1-3,5-8,11H,4,9-10H2,(H2,24,27)(H,25,28). The highest BCUT2D eigenvalue weighted by Crippen LogP contribution is 2.39. The first-order valence-electron chi connectivity index (χ1n) is 9.79. The molecule has 2 aromatic carbocycles. The maximum Gasteiger partial charge on any atom is 0.266 e. The summed E-state index contributed by atoms with van der Waals surface area (Å²) in [5, 5.41) is 3.22. The van der Waals surface area contributed by atoms with Crippen LogP contribution in [0.1, 0.15) is 58.3 Å². The molecule has 3 aromatic rings. The molecule has 2 heterocycles. The quantitative estimate of drug-likeness (QED) is 0.617. The van der Waals surface area contributed by atoms with E-state index in [0.29, 0.717) is 27.4 Å². The van der Waals surface area contributed by atoms with Gasteiger partial charge in [0.05, 0.1) is 22.4 Å². The molecular formula is C23H17N3O4S. The Hall–Kier alpha value is -3.78. The van der Waals surface area contributed by atoms with E-state index in [2.05, 4.69) is 5.32 Å². The second-order valence-electron chi connectivity index (χ2n) is 7.42. The molecule has 3 N–H and O–H groups in total. The monoisotopic (exact) mass is 431 g/mol. The van der Waals surface area contributed by atoms with Crippen LogP contribution in [0, 0.1) is 0 Å². The summed E-state index contributed by atoms with van der Waals surface area (Å²) in [4.78, 5) is 52.5. The Bertz CT molecular complexity index is 1260. The largest absolute Gasteiger partial charge is 0.365 e. The Labute approximate surface area is 181 Å². The first kappa shape index (κ1) is 19.2. The molecule has 0 saturated carbocycles. The molecule has 0 radical (unpaired) electrons. The van der Waals surface area contributed by atoms with Crippen molar-refractivity contribution in [2.24, 2.45) is 5.73 Å². The summed E-state index contributed by atoms with van der Waals surface area (Å²) in [5.74, 6) is -1.86. The number of fused-ring (bicyclic) bond motifs is 2. The van der Waals surface area contributed by atoms with E-state index >= 15 is 0 Å². The molecule has 0 unspecified atom stereocenters. The van der Waals surface area contributed by atoms with E-state index in [0.717, 1.165) is 34.6 Å². The summed E-state index contributed by atoms with van der Waals surface area (Å²) in [7, 11) is 0. The van der Waals surface area contributed by atoms with Gasteiger partial charge in [-0.3, -0.25) is 19.2 Å². The third-order valence-corrected chi connectivity index (χ3v) is 6.76. The van der Waals surface area contributed by atoms with Gasteiger partial charge < -0.3 is 11.1 Å². The van der Waals surface area contributed by atoms with Crippen LogP contribution in [-0.4, -0.2) is 23.6 Å². The van der Waals surface area contributed by atoms with Gasteiger partial charge in [-0.2, -0.15) is 0 Å². The summed E-state index contributed by atoms with van der Waals surface area (Å²) >= 11 is 1.37. The smallest absolute Gasteiger partial charge is 0.266 e. The molecule has 1 aliphatic heterocycles. The van der Waals surface area contributed by atoms with Crippen molar-refractivity contribution < 1.29 is 19.2 Å². The predicted octanol–water partition coefficient (Wildman–Crippen LogP) is 3.39. The van der Waals surface area contributed by atoms with Crippen molar-refractivity contribution in [3.63, 3.8) is 0 Å². The van der Waals surface area contributed by atoms with Gasteiger partial charge in [0.2, 0.25) is 0 Å². The van der Waals surface area contributed by atoms with E-state index in [1.807, 2.05) is 0 Å². The van der Waals surface area contributed by atoms with Crippen LogP contribution < -0.4 is 16.0 Å². The Kier molecular flexibility index (Phi) is 4.44. The number of hydrogen-bond donors (Lipinski definition) is 2. The second kappa shape index (κ2) is 7.17. The zero-order valence-electron chi connectivity index (χ0n) is 16.3. The predicted molar refractivity (Wildman–Crippen MR) is 117 cm³/mol. The molecular weight excluding hydrogens is 414 g/mol. The Balaban J connectivity index is 1.44. The number of rotatable bonds is 4. The number of imide groups is 1. The topological polar surface area (TPSA) is 110 Å². The van der Waals surface area contributed by atoms with Gasteiger partial charge in [-0.1, -0.05) is 18.2 Å². The Morgan fingerprint density at radius 2 is 1.68 bits per heavy atom. The molecule has 5 rings (SSSR count). The van der Waals surface area contributed by atoms with Gasteiger partial charge in [-0.25, -0.2) is 4.90 Å². The van der Waals surface area contributed by atoms with Crippen molar-refractivity contribution in [1.82, 2.24) is 0 Å². The van der Waals surface area contributed by atoms with Crippen LogP contribution in [0.2, 0.25) is 0 Å². The van der Waals surface area contributed by atoms with E-state index < -0.39 is 23.6 Å². The van der Waals surface area contributed by atoms with Crippen LogP contribution >= 0.6 is 11.3 Å². The van der Waals surface area contributed by atoms with E-state index in [4.69, 9.17) is 5.73 Å². The zero-order chi connectivity index (χ0) is 21.7. The van der Waals surface area contributed by atoms with Gasteiger partial charge in [0.15, 0.2) is 0 Å². The van der Waals surface area contributed by atoms with E-state index in [1.54, 1.807) is 42.5 Å². The number of nitrogens with zero attached hydrogens (tertiary/aromatic N) is 1. The molecule has 31 heavy (non-hydrogen) atoms. The van der Waals surface area contributed by atoms with Gasteiger partial charge in [-0.15, -0.1) is 11.3 Å². The molecule has 2 aliphatic rings. The van der Waals surface area contributed by atoms with Gasteiger partial charge >= 0.3 is 0 Å². The molecule has 0 atom stereocenters. The van der Waals surface area contributed by atoms with E-state index in [1.165, 1.54) is 17.4 Å². The average molecular weight is 431 g/mol. The number of anilines is 2. The molecule has 7 nitrogen and oxygen atoms in total. The second-order valence-corrected chi connectivity index (χ2v) is 8.53. The molecule has 1 aromatic heterocycles. The van der Waals surface area contributed by atoms with Crippen LogP contribution in [0.3, 0.4) is 0 Å². The lowest BCUT2D eigenvalue weighted by Gasteiger charge is -2.15. The number of aryl methyl sites for hydroxylation is 1. The minimum absolute atomic E-state index is 0.262. The number of thiophene rings is 1. The summed E-state index contributed by atoms with van der Waals surface area (Å²) in [6.07, 6.45) is 2.61. The van der Waals surface area contributed by atoms with Crippen molar-refractivity contribution in [2.45, 2.75) is 19.3 Å². The van der Waals surface area contributed by atoms with Gasteiger partial charge in [0, 0.05) is 10.4 Å². The summed E-state index contributed by atoms with van der Waals surface area (Å²) in [5.41, 5.74) is 8.10. The molecule has 1 aliphatic carbocycles.